The molecule has 4 aromatic rings. The SMILES string of the molecule is CNC(=O)C12CC1C(n1cnc3c(NC4CC4c4ccccc4)nc(C#Cc4cccc(F)c4)nc31)C(O)C2O. The van der Waals surface area contributed by atoms with Crippen LogP contribution in [0.15, 0.2) is 60.9 Å². The van der Waals surface area contributed by atoms with E-state index in [2.05, 4.69) is 49.6 Å². The number of halogens is 1. The monoisotopic (exact) mass is 538 g/mol. The molecule has 1 amide bonds. The summed E-state index contributed by atoms with van der Waals surface area (Å²) in [7, 11) is 1.53. The van der Waals surface area contributed by atoms with Gasteiger partial charge in [-0.3, -0.25) is 4.79 Å². The third kappa shape index (κ3) is 3.85. The number of hydrogen-bond acceptors (Lipinski definition) is 7. The van der Waals surface area contributed by atoms with Crippen LogP contribution in [0.3, 0.4) is 0 Å². The van der Waals surface area contributed by atoms with Gasteiger partial charge in [0.15, 0.2) is 17.0 Å². The minimum absolute atomic E-state index is 0.151. The predicted octanol–water partition coefficient (Wildman–Crippen LogP) is 2.36. The molecule has 3 fully saturated rings. The maximum absolute atomic E-state index is 13.7. The molecule has 7 unspecified atom stereocenters. The molecule has 0 saturated heterocycles. The van der Waals surface area contributed by atoms with E-state index in [1.54, 1.807) is 23.0 Å². The van der Waals surface area contributed by atoms with Crippen molar-refractivity contribution in [3.8, 4) is 11.8 Å². The van der Waals surface area contributed by atoms with Crippen molar-refractivity contribution in [2.45, 2.75) is 43.1 Å². The summed E-state index contributed by atoms with van der Waals surface area (Å²) < 4.78 is 15.4. The Hall–Kier alpha value is -4.33. The molecular weight excluding hydrogens is 511 g/mol. The van der Waals surface area contributed by atoms with Crippen LogP contribution in [0.4, 0.5) is 10.2 Å². The quantitative estimate of drug-likeness (QED) is 0.288. The highest BCUT2D eigenvalue weighted by Gasteiger charge is 2.75. The zero-order chi connectivity index (χ0) is 27.6. The van der Waals surface area contributed by atoms with Crippen LogP contribution in [-0.2, 0) is 4.79 Å². The fraction of sp³-hybridized carbons (Fsp3) is 0.333. The summed E-state index contributed by atoms with van der Waals surface area (Å²) in [5.74, 6) is 5.99. The molecular formula is C30H27FN6O3. The van der Waals surface area contributed by atoms with E-state index in [0.717, 1.165) is 6.42 Å². The van der Waals surface area contributed by atoms with E-state index in [9.17, 15) is 19.4 Å². The fourth-order valence-corrected chi connectivity index (χ4v) is 6.37. The van der Waals surface area contributed by atoms with Gasteiger partial charge in [-0.15, -0.1) is 0 Å². The highest BCUT2D eigenvalue weighted by molar-refractivity contribution is 5.88. The van der Waals surface area contributed by atoms with Crippen molar-refractivity contribution in [3.05, 3.63) is 83.7 Å². The van der Waals surface area contributed by atoms with Gasteiger partial charge in [0.1, 0.15) is 11.9 Å². The van der Waals surface area contributed by atoms with Gasteiger partial charge in [0.25, 0.3) is 0 Å². The Bertz CT molecular complexity index is 1700. The molecule has 7 atom stereocenters. The van der Waals surface area contributed by atoms with E-state index < -0.39 is 23.7 Å². The van der Waals surface area contributed by atoms with Crippen LogP contribution in [0, 0.1) is 29.0 Å². The van der Waals surface area contributed by atoms with Crippen molar-refractivity contribution >= 4 is 22.9 Å². The molecule has 2 heterocycles. The molecule has 0 bridgehead atoms. The van der Waals surface area contributed by atoms with Crippen LogP contribution in [0.5, 0.6) is 0 Å². The van der Waals surface area contributed by atoms with Gasteiger partial charge in [0.2, 0.25) is 11.7 Å². The summed E-state index contributed by atoms with van der Waals surface area (Å²) in [5.41, 5.74) is 1.65. The Morgan fingerprint density at radius 2 is 1.95 bits per heavy atom. The minimum atomic E-state index is -1.20. The molecule has 2 aromatic heterocycles. The lowest BCUT2D eigenvalue weighted by molar-refractivity contribution is -0.132. The Balaban J connectivity index is 1.28. The van der Waals surface area contributed by atoms with E-state index in [1.165, 1.54) is 24.7 Å². The maximum atomic E-state index is 13.7. The highest BCUT2D eigenvalue weighted by Crippen LogP contribution is 2.67. The van der Waals surface area contributed by atoms with Crippen molar-refractivity contribution in [1.29, 1.82) is 0 Å². The zero-order valence-corrected chi connectivity index (χ0v) is 21.6. The first kappa shape index (κ1) is 24.7. The number of carbonyl (C=O) groups excluding carboxylic acids is 1. The molecule has 3 aliphatic rings. The number of nitrogens with zero attached hydrogens (tertiary/aromatic N) is 4. The number of aliphatic hydroxyl groups is 2. The van der Waals surface area contributed by atoms with Gasteiger partial charge in [-0.05, 0) is 42.5 Å². The highest BCUT2D eigenvalue weighted by atomic mass is 19.1. The Morgan fingerprint density at radius 1 is 1.12 bits per heavy atom. The van der Waals surface area contributed by atoms with Gasteiger partial charge in [-0.2, -0.15) is 0 Å². The molecule has 7 rings (SSSR count). The molecule has 0 aliphatic heterocycles. The van der Waals surface area contributed by atoms with Gasteiger partial charge in [0.05, 0.1) is 23.9 Å². The first-order valence-corrected chi connectivity index (χ1v) is 13.3. The van der Waals surface area contributed by atoms with E-state index in [0.29, 0.717) is 34.9 Å². The number of carbonyl (C=O) groups is 1. The van der Waals surface area contributed by atoms with E-state index >= 15 is 0 Å². The van der Waals surface area contributed by atoms with E-state index in [-0.39, 0.29) is 29.5 Å². The molecule has 3 saturated carbocycles. The summed E-state index contributed by atoms with van der Waals surface area (Å²) in [6.07, 6.45) is 0.593. The number of aromatic nitrogens is 4. The first-order valence-electron chi connectivity index (χ1n) is 13.3. The standard InChI is InChI=1S/C30H27FN6O3/c1-32-29(40)30-14-20(30)24(25(38)26(30)39)37-15-33-23-27(34-21-13-19(21)17-7-3-2-4-8-17)35-22(36-28(23)37)11-10-16-6-5-9-18(31)12-16/h2-9,12,15,19-21,24-26,38-39H,13-14H2,1H3,(H,32,40)(H,34,35,36). The Labute approximate surface area is 229 Å². The van der Waals surface area contributed by atoms with Crippen molar-refractivity contribution in [2.75, 3.05) is 12.4 Å². The smallest absolute Gasteiger partial charge is 0.229 e. The van der Waals surface area contributed by atoms with E-state index in [1.807, 2.05) is 18.2 Å². The average molecular weight is 539 g/mol. The molecule has 10 heteroatoms. The van der Waals surface area contributed by atoms with Crippen LogP contribution in [-0.4, -0.2) is 60.9 Å². The van der Waals surface area contributed by atoms with Crippen LogP contribution in [0.25, 0.3) is 11.2 Å². The number of nitrogens with one attached hydrogen (secondary N) is 2. The lowest BCUT2D eigenvalue weighted by Gasteiger charge is -2.23. The molecule has 2 aromatic carbocycles. The number of anilines is 1. The average Bonchev–Trinajstić information content (AvgIpc) is 3.85. The lowest BCUT2D eigenvalue weighted by atomic mass is 9.98. The van der Waals surface area contributed by atoms with Gasteiger partial charge >= 0.3 is 0 Å². The summed E-state index contributed by atoms with van der Waals surface area (Å²) in [6.45, 7) is 0. The minimum Gasteiger partial charge on any atom is -0.389 e. The van der Waals surface area contributed by atoms with Gasteiger partial charge in [-0.25, -0.2) is 19.3 Å². The van der Waals surface area contributed by atoms with Crippen LogP contribution in [0.1, 0.15) is 41.8 Å². The molecule has 4 N–H and O–H groups in total. The summed E-state index contributed by atoms with van der Waals surface area (Å²) in [6, 6.07) is 15.8. The Kier molecular flexibility index (Phi) is 5.63. The second kappa shape index (κ2) is 9.11. The summed E-state index contributed by atoms with van der Waals surface area (Å²) >= 11 is 0. The van der Waals surface area contributed by atoms with Crippen LogP contribution < -0.4 is 10.6 Å². The molecule has 0 spiro atoms. The molecule has 202 valence electrons. The van der Waals surface area contributed by atoms with Crippen LogP contribution in [0.2, 0.25) is 0 Å². The molecule has 9 nitrogen and oxygen atoms in total. The van der Waals surface area contributed by atoms with Gasteiger partial charge < -0.3 is 25.4 Å². The number of benzene rings is 2. The second-order valence-electron chi connectivity index (χ2n) is 10.8. The number of rotatable bonds is 5. The number of hydrogen-bond donors (Lipinski definition) is 4. The normalized spacial score (nSPS) is 29.8. The van der Waals surface area contributed by atoms with Gasteiger partial charge in [-0.1, -0.05) is 42.3 Å². The summed E-state index contributed by atoms with van der Waals surface area (Å²) in [4.78, 5) is 26.6. The molecule has 40 heavy (non-hydrogen) atoms. The van der Waals surface area contributed by atoms with Crippen molar-refractivity contribution in [1.82, 2.24) is 24.8 Å². The number of amides is 1. The van der Waals surface area contributed by atoms with Crippen molar-refractivity contribution in [3.63, 3.8) is 0 Å². The lowest BCUT2D eigenvalue weighted by Crippen LogP contribution is -2.41. The zero-order valence-electron chi connectivity index (χ0n) is 21.6. The number of imidazole rings is 1. The molecule has 0 radical (unpaired) electrons. The number of fused-ring (bicyclic) bond motifs is 2. The first-order chi connectivity index (χ1) is 19.4. The van der Waals surface area contributed by atoms with Crippen molar-refractivity contribution < 1.29 is 19.4 Å². The number of aliphatic hydroxyl groups excluding tert-OH is 2. The molecule has 3 aliphatic carbocycles. The second-order valence-corrected chi connectivity index (χ2v) is 10.8. The maximum Gasteiger partial charge on any atom is 0.229 e. The largest absolute Gasteiger partial charge is 0.389 e. The summed E-state index contributed by atoms with van der Waals surface area (Å²) in [5, 5.41) is 28.0. The van der Waals surface area contributed by atoms with Crippen molar-refractivity contribution in [2.24, 2.45) is 11.3 Å². The van der Waals surface area contributed by atoms with Crippen LogP contribution >= 0.6 is 0 Å². The van der Waals surface area contributed by atoms with Gasteiger partial charge in [0, 0.05) is 30.5 Å². The predicted molar refractivity (Wildman–Crippen MR) is 145 cm³/mol. The third-order valence-corrected chi connectivity index (χ3v) is 8.55. The topological polar surface area (TPSA) is 125 Å². The fourth-order valence-electron chi connectivity index (χ4n) is 6.37. The van der Waals surface area contributed by atoms with E-state index in [4.69, 9.17) is 0 Å². The Morgan fingerprint density at radius 3 is 2.73 bits per heavy atom. The third-order valence-electron chi connectivity index (χ3n) is 8.55.